The Morgan fingerprint density at radius 2 is 2.30 bits per heavy atom. The van der Waals surface area contributed by atoms with E-state index in [-0.39, 0.29) is 20.1 Å². The lowest BCUT2D eigenvalue weighted by atomic mass is 10.5. The van der Waals surface area contributed by atoms with Crippen LogP contribution < -0.4 is 4.72 Å². The van der Waals surface area contributed by atoms with Gasteiger partial charge in [-0.25, -0.2) is 17.9 Å². The summed E-state index contributed by atoms with van der Waals surface area (Å²) in [7, 11) is -3.75. The fourth-order valence-corrected chi connectivity index (χ4v) is 4.87. The summed E-state index contributed by atoms with van der Waals surface area (Å²) in [5.74, 6) is -1.16. The van der Waals surface area contributed by atoms with Crippen LogP contribution >= 0.6 is 27.3 Å². The minimum absolute atomic E-state index is 0.0377. The van der Waals surface area contributed by atoms with Crippen molar-refractivity contribution in [2.24, 2.45) is 0 Å². The number of aromatic carboxylic acids is 1. The van der Waals surface area contributed by atoms with Crippen LogP contribution in [0.1, 0.15) is 9.67 Å². The van der Waals surface area contributed by atoms with Crippen LogP contribution in [0.4, 0.5) is 0 Å². The van der Waals surface area contributed by atoms with E-state index in [0.29, 0.717) is 6.54 Å². The summed E-state index contributed by atoms with van der Waals surface area (Å²) in [5.41, 5.74) is 0. The molecule has 0 aliphatic heterocycles. The zero-order valence-corrected chi connectivity index (χ0v) is 13.2. The summed E-state index contributed by atoms with van der Waals surface area (Å²) >= 11 is 3.93. The lowest BCUT2D eigenvalue weighted by Gasteiger charge is -2.05. The van der Waals surface area contributed by atoms with Crippen LogP contribution in [-0.4, -0.2) is 35.8 Å². The maximum atomic E-state index is 12.1. The third-order valence-corrected chi connectivity index (χ3v) is 6.05. The Morgan fingerprint density at radius 3 is 2.85 bits per heavy atom. The highest BCUT2D eigenvalue weighted by molar-refractivity contribution is 9.11. The van der Waals surface area contributed by atoms with E-state index in [2.05, 4.69) is 25.8 Å². The molecule has 0 saturated heterocycles. The molecule has 2 aromatic rings. The Bertz CT molecular complexity index is 709. The first-order valence-corrected chi connectivity index (χ1v) is 8.49. The van der Waals surface area contributed by atoms with Crippen molar-refractivity contribution in [3.8, 4) is 0 Å². The molecule has 0 unspecified atom stereocenters. The number of aromatic nitrogens is 2. The van der Waals surface area contributed by atoms with Crippen LogP contribution in [0.3, 0.4) is 0 Å². The van der Waals surface area contributed by atoms with Crippen molar-refractivity contribution in [1.82, 2.24) is 14.5 Å². The minimum atomic E-state index is -3.75. The molecule has 2 heterocycles. The fourth-order valence-electron chi connectivity index (χ4n) is 1.45. The van der Waals surface area contributed by atoms with Gasteiger partial charge in [0.1, 0.15) is 9.77 Å². The Kier molecular flexibility index (Phi) is 4.58. The number of nitrogens with zero attached hydrogens (tertiary/aromatic N) is 2. The molecule has 0 aromatic carbocycles. The van der Waals surface area contributed by atoms with Gasteiger partial charge in [-0.2, -0.15) is 5.10 Å². The van der Waals surface area contributed by atoms with Crippen molar-refractivity contribution in [1.29, 1.82) is 0 Å². The van der Waals surface area contributed by atoms with Crippen molar-refractivity contribution in [3.63, 3.8) is 0 Å². The molecule has 2 N–H and O–H groups in total. The molecule has 0 spiro atoms. The molecule has 0 aliphatic rings. The van der Waals surface area contributed by atoms with Gasteiger partial charge in [-0.1, -0.05) is 0 Å². The van der Waals surface area contributed by atoms with Gasteiger partial charge in [-0.3, -0.25) is 4.68 Å². The fraction of sp³-hybridized carbons (Fsp3) is 0.200. The predicted octanol–water partition coefficient (Wildman–Crippen LogP) is 1.38. The first-order chi connectivity index (χ1) is 9.40. The first kappa shape index (κ1) is 15.2. The molecular formula is C10H10BrN3O4S2. The smallest absolute Gasteiger partial charge is 0.345 e. The van der Waals surface area contributed by atoms with E-state index in [9.17, 15) is 13.2 Å². The van der Waals surface area contributed by atoms with Crippen molar-refractivity contribution >= 4 is 43.3 Å². The third-order valence-electron chi connectivity index (χ3n) is 2.35. The average Bonchev–Trinajstić information content (AvgIpc) is 2.98. The summed E-state index contributed by atoms with van der Waals surface area (Å²) in [4.78, 5) is 10.7. The Balaban J connectivity index is 2.08. The number of carboxylic acids is 1. The van der Waals surface area contributed by atoms with Crippen LogP contribution in [0, 0.1) is 0 Å². The molecule has 0 radical (unpaired) electrons. The summed E-state index contributed by atoms with van der Waals surface area (Å²) in [6.07, 6.45) is 3.32. The molecule has 7 nitrogen and oxygen atoms in total. The van der Waals surface area contributed by atoms with E-state index in [1.807, 2.05) is 0 Å². The number of carboxylic acid groups (broad SMARTS) is 1. The maximum Gasteiger partial charge on any atom is 0.345 e. The van der Waals surface area contributed by atoms with E-state index in [1.54, 1.807) is 23.1 Å². The monoisotopic (exact) mass is 379 g/mol. The van der Waals surface area contributed by atoms with E-state index >= 15 is 0 Å². The Hall–Kier alpha value is -1.23. The van der Waals surface area contributed by atoms with Gasteiger partial charge in [-0.05, 0) is 28.1 Å². The molecule has 0 amide bonds. The van der Waals surface area contributed by atoms with E-state index in [0.717, 1.165) is 17.4 Å². The molecule has 0 saturated carbocycles. The maximum absolute atomic E-state index is 12.1. The number of sulfonamides is 1. The van der Waals surface area contributed by atoms with Gasteiger partial charge < -0.3 is 5.11 Å². The van der Waals surface area contributed by atoms with E-state index in [4.69, 9.17) is 5.11 Å². The van der Waals surface area contributed by atoms with Gasteiger partial charge in [0, 0.05) is 18.9 Å². The number of hydrogen-bond donors (Lipinski definition) is 2. The second-order valence-electron chi connectivity index (χ2n) is 3.72. The normalized spacial score (nSPS) is 11.7. The van der Waals surface area contributed by atoms with Gasteiger partial charge >= 0.3 is 5.97 Å². The van der Waals surface area contributed by atoms with E-state index in [1.165, 1.54) is 0 Å². The summed E-state index contributed by atoms with van der Waals surface area (Å²) < 4.78 is 28.4. The first-order valence-electron chi connectivity index (χ1n) is 5.40. The largest absolute Gasteiger partial charge is 0.477 e. The van der Waals surface area contributed by atoms with Gasteiger partial charge in [0.05, 0.1) is 10.3 Å². The van der Waals surface area contributed by atoms with Crippen molar-refractivity contribution < 1.29 is 18.3 Å². The molecular weight excluding hydrogens is 370 g/mol. The van der Waals surface area contributed by atoms with Crippen LogP contribution in [0.25, 0.3) is 0 Å². The summed E-state index contributed by atoms with van der Waals surface area (Å²) in [5, 5.41) is 12.8. The summed E-state index contributed by atoms with van der Waals surface area (Å²) in [6, 6.07) is 2.87. The number of nitrogens with one attached hydrogen (secondary N) is 1. The highest BCUT2D eigenvalue weighted by Gasteiger charge is 2.22. The second-order valence-corrected chi connectivity index (χ2v) is 7.83. The van der Waals surface area contributed by atoms with Crippen LogP contribution in [0.5, 0.6) is 0 Å². The molecule has 0 bridgehead atoms. The van der Waals surface area contributed by atoms with Crippen molar-refractivity contribution in [3.05, 3.63) is 33.2 Å². The lowest BCUT2D eigenvalue weighted by Crippen LogP contribution is -2.27. The van der Waals surface area contributed by atoms with Crippen LogP contribution in [-0.2, 0) is 16.6 Å². The molecule has 108 valence electrons. The van der Waals surface area contributed by atoms with Gasteiger partial charge in [0.25, 0.3) is 0 Å². The summed E-state index contributed by atoms with van der Waals surface area (Å²) in [6.45, 7) is 0.550. The second kappa shape index (κ2) is 6.04. The standard InChI is InChI=1S/C10H10BrN3O4S2/c11-9-8(6-7(19-9)10(15)16)20(17,18)13-3-5-14-4-1-2-12-14/h1-2,4,6,13H,3,5H2,(H,15,16). The predicted molar refractivity (Wildman–Crippen MR) is 76.4 cm³/mol. The highest BCUT2D eigenvalue weighted by Crippen LogP contribution is 2.31. The third kappa shape index (κ3) is 3.45. The molecule has 20 heavy (non-hydrogen) atoms. The van der Waals surface area contributed by atoms with Crippen molar-refractivity contribution in [2.45, 2.75) is 11.4 Å². The van der Waals surface area contributed by atoms with Gasteiger partial charge in [-0.15, -0.1) is 11.3 Å². The Labute approximate surface area is 127 Å². The molecule has 2 aromatic heterocycles. The minimum Gasteiger partial charge on any atom is -0.477 e. The zero-order chi connectivity index (χ0) is 14.8. The molecule has 0 aliphatic carbocycles. The quantitative estimate of drug-likeness (QED) is 0.789. The number of rotatable bonds is 6. The number of thiophene rings is 1. The molecule has 2 rings (SSSR count). The van der Waals surface area contributed by atoms with Gasteiger partial charge in [0.15, 0.2) is 0 Å². The van der Waals surface area contributed by atoms with Crippen LogP contribution in [0.15, 0.2) is 33.2 Å². The number of carbonyl (C=O) groups is 1. The van der Waals surface area contributed by atoms with Crippen molar-refractivity contribution in [2.75, 3.05) is 6.54 Å². The zero-order valence-electron chi connectivity index (χ0n) is 9.98. The van der Waals surface area contributed by atoms with Gasteiger partial charge in [0.2, 0.25) is 10.0 Å². The topological polar surface area (TPSA) is 101 Å². The Morgan fingerprint density at radius 1 is 1.55 bits per heavy atom. The molecule has 10 heteroatoms. The SMILES string of the molecule is O=C(O)c1cc(S(=O)(=O)NCCn2cccn2)c(Br)s1. The average molecular weight is 380 g/mol. The number of hydrogen-bond acceptors (Lipinski definition) is 5. The molecule has 0 fully saturated rings. The number of halogens is 1. The van der Waals surface area contributed by atoms with Crippen LogP contribution in [0.2, 0.25) is 0 Å². The highest BCUT2D eigenvalue weighted by atomic mass is 79.9. The lowest BCUT2D eigenvalue weighted by molar-refractivity contribution is 0.0702. The molecule has 0 atom stereocenters. The van der Waals surface area contributed by atoms with E-state index < -0.39 is 16.0 Å².